The Labute approximate surface area is 246 Å². The number of primary amides is 1. The summed E-state index contributed by atoms with van der Waals surface area (Å²) in [6.45, 7) is 1.97. The van der Waals surface area contributed by atoms with Crippen molar-refractivity contribution < 1.29 is 29.1 Å². The lowest BCUT2D eigenvalue weighted by atomic mass is 9.88. The minimum Gasteiger partial charge on any atom is -0.480 e. The zero-order chi connectivity index (χ0) is 30.4. The van der Waals surface area contributed by atoms with Crippen molar-refractivity contribution in [3.05, 3.63) is 101 Å². The summed E-state index contributed by atoms with van der Waals surface area (Å²) >= 11 is 0. The summed E-state index contributed by atoms with van der Waals surface area (Å²) in [5.74, 6) is -3.33. The average molecular weight is 580 g/mol. The number of nitrogens with two attached hydrogens (primary N) is 1. The van der Waals surface area contributed by atoms with E-state index in [4.69, 9.17) is 5.73 Å². The Hall–Kier alpha value is -5.45. The van der Waals surface area contributed by atoms with Crippen LogP contribution in [0.2, 0.25) is 0 Å². The number of anilines is 1. The molecule has 0 bridgehead atoms. The van der Waals surface area contributed by atoms with Crippen LogP contribution in [0.5, 0.6) is 0 Å². The highest BCUT2D eigenvalue weighted by Gasteiger charge is 2.53. The number of imide groups is 1. The number of hydrogen-bond donors (Lipinski definition) is 4. The minimum absolute atomic E-state index is 0.0413. The molecule has 218 valence electrons. The maximum atomic E-state index is 14.2. The molecule has 0 unspecified atom stereocenters. The fourth-order valence-electron chi connectivity index (χ4n) is 6.03. The van der Waals surface area contributed by atoms with E-state index in [2.05, 4.69) is 10.3 Å². The predicted molar refractivity (Wildman–Crippen MR) is 157 cm³/mol. The van der Waals surface area contributed by atoms with Crippen LogP contribution in [0.1, 0.15) is 51.6 Å². The molecular weight excluding hydrogens is 550 g/mol. The van der Waals surface area contributed by atoms with Gasteiger partial charge in [-0.1, -0.05) is 60.2 Å². The minimum atomic E-state index is -1.39. The first-order valence-electron chi connectivity index (χ1n) is 13.9. The number of para-hydroxylation sites is 2. The summed E-state index contributed by atoms with van der Waals surface area (Å²) in [5.41, 5.74) is 9.72. The fourth-order valence-corrected chi connectivity index (χ4v) is 6.03. The van der Waals surface area contributed by atoms with Gasteiger partial charge in [-0.25, -0.2) is 14.5 Å². The number of nitrogens with zero attached hydrogens (tertiary/aromatic N) is 2. The SMILES string of the molecule is Cc1ccc([C@H]2c3[nH]c4ccccc4c3C[C@H]3C(=O)N(c4ccccc4C(=O)N[C@@H](CCC(N)=O)C(=O)O)C(=O)N23)cc1. The number of rotatable bonds is 8. The Morgan fingerprint density at radius 3 is 2.44 bits per heavy atom. The Kier molecular flexibility index (Phi) is 6.93. The van der Waals surface area contributed by atoms with E-state index in [0.29, 0.717) is 0 Å². The van der Waals surface area contributed by atoms with E-state index in [9.17, 15) is 29.1 Å². The molecule has 1 saturated heterocycles. The number of nitrogens with one attached hydrogen (secondary N) is 2. The molecule has 3 aromatic carbocycles. The third-order valence-corrected chi connectivity index (χ3v) is 8.11. The predicted octanol–water partition coefficient (Wildman–Crippen LogP) is 3.41. The Morgan fingerprint density at radius 2 is 1.72 bits per heavy atom. The van der Waals surface area contributed by atoms with Gasteiger partial charge in [-0.3, -0.25) is 19.3 Å². The first-order chi connectivity index (χ1) is 20.7. The fraction of sp³-hybridized carbons (Fsp3) is 0.219. The van der Waals surface area contributed by atoms with Crippen molar-refractivity contribution in [2.45, 2.75) is 44.3 Å². The number of aromatic nitrogens is 1. The number of aliphatic carboxylic acids is 1. The first kappa shape index (κ1) is 27.7. The molecular formula is C32H29N5O6. The van der Waals surface area contributed by atoms with Crippen molar-refractivity contribution in [3.63, 3.8) is 0 Å². The molecule has 0 spiro atoms. The van der Waals surface area contributed by atoms with Crippen molar-refractivity contribution in [1.29, 1.82) is 0 Å². The van der Waals surface area contributed by atoms with E-state index in [-0.39, 0.29) is 30.5 Å². The van der Waals surface area contributed by atoms with Crippen LogP contribution in [-0.4, -0.2) is 56.8 Å². The monoisotopic (exact) mass is 579 g/mol. The number of aryl methyl sites for hydroxylation is 1. The molecule has 0 radical (unpaired) electrons. The molecule has 43 heavy (non-hydrogen) atoms. The van der Waals surface area contributed by atoms with Crippen molar-refractivity contribution in [2.75, 3.05) is 4.90 Å². The lowest BCUT2D eigenvalue weighted by Gasteiger charge is -2.36. The summed E-state index contributed by atoms with van der Waals surface area (Å²) in [5, 5.41) is 13.0. The number of urea groups is 1. The van der Waals surface area contributed by atoms with Crippen LogP contribution in [0.4, 0.5) is 10.5 Å². The molecule has 3 heterocycles. The molecule has 5 N–H and O–H groups in total. The van der Waals surface area contributed by atoms with Gasteiger partial charge in [0.2, 0.25) is 5.91 Å². The van der Waals surface area contributed by atoms with Crippen molar-refractivity contribution in [2.24, 2.45) is 5.73 Å². The van der Waals surface area contributed by atoms with Crippen LogP contribution in [0.25, 0.3) is 10.9 Å². The molecule has 0 saturated carbocycles. The molecule has 4 aromatic rings. The van der Waals surface area contributed by atoms with Gasteiger partial charge in [-0.2, -0.15) is 0 Å². The molecule has 3 atom stereocenters. The smallest absolute Gasteiger partial charge is 0.332 e. The van der Waals surface area contributed by atoms with Gasteiger partial charge in [0.05, 0.1) is 11.3 Å². The summed E-state index contributed by atoms with van der Waals surface area (Å²) in [6, 6.07) is 18.3. The third-order valence-electron chi connectivity index (χ3n) is 8.11. The summed E-state index contributed by atoms with van der Waals surface area (Å²) < 4.78 is 0. The Morgan fingerprint density at radius 1 is 1.02 bits per heavy atom. The number of H-pyrrole nitrogens is 1. The van der Waals surface area contributed by atoms with Gasteiger partial charge in [0, 0.05) is 29.4 Å². The van der Waals surface area contributed by atoms with E-state index < -0.39 is 47.8 Å². The molecule has 6 rings (SSSR count). The van der Waals surface area contributed by atoms with Gasteiger partial charge in [0.15, 0.2) is 0 Å². The van der Waals surface area contributed by atoms with Gasteiger partial charge in [0.25, 0.3) is 11.8 Å². The Bertz CT molecular complexity index is 1800. The van der Waals surface area contributed by atoms with E-state index in [1.54, 1.807) is 17.0 Å². The molecule has 11 heteroatoms. The van der Waals surface area contributed by atoms with E-state index in [0.717, 1.165) is 38.2 Å². The lowest BCUT2D eigenvalue weighted by molar-refractivity contribution is -0.139. The van der Waals surface area contributed by atoms with E-state index in [1.165, 1.54) is 12.1 Å². The van der Waals surface area contributed by atoms with Gasteiger partial charge in [-0.15, -0.1) is 0 Å². The average Bonchev–Trinajstić information content (AvgIpc) is 3.48. The van der Waals surface area contributed by atoms with Crippen LogP contribution in [0, 0.1) is 6.92 Å². The number of aromatic amines is 1. The maximum Gasteiger partial charge on any atom is 0.332 e. The van der Waals surface area contributed by atoms with E-state index in [1.807, 2.05) is 55.5 Å². The number of amides is 5. The number of carbonyl (C=O) groups is 5. The van der Waals surface area contributed by atoms with Gasteiger partial charge < -0.3 is 21.1 Å². The molecule has 2 aliphatic heterocycles. The second-order valence-electron chi connectivity index (χ2n) is 10.8. The van der Waals surface area contributed by atoms with Crippen LogP contribution >= 0.6 is 0 Å². The number of carboxylic acids is 1. The molecule has 2 aliphatic rings. The molecule has 1 aromatic heterocycles. The zero-order valence-electron chi connectivity index (χ0n) is 23.2. The summed E-state index contributed by atoms with van der Waals surface area (Å²) in [4.78, 5) is 70.7. The van der Waals surface area contributed by atoms with Crippen molar-refractivity contribution in [1.82, 2.24) is 15.2 Å². The van der Waals surface area contributed by atoms with Crippen LogP contribution in [-0.2, 0) is 20.8 Å². The number of hydrogen-bond acceptors (Lipinski definition) is 5. The quantitative estimate of drug-likeness (QED) is 0.234. The third kappa shape index (κ3) is 4.78. The second-order valence-corrected chi connectivity index (χ2v) is 10.8. The second kappa shape index (κ2) is 10.8. The van der Waals surface area contributed by atoms with E-state index >= 15 is 0 Å². The van der Waals surface area contributed by atoms with Crippen LogP contribution < -0.4 is 16.0 Å². The number of benzene rings is 3. The van der Waals surface area contributed by atoms with Crippen molar-refractivity contribution >= 4 is 46.3 Å². The summed E-state index contributed by atoms with van der Waals surface area (Å²) in [7, 11) is 0. The molecule has 11 nitrogen and oxygen atoms in total. The lowest BCUT2D eigenvalue weighted by Crippen LogP contribution is -2.44. The summed E-state index contributed by atoms with van der Waals surface area (Å²) in [6.07, 6.45) is -0.168. The number of carboxylic acid groups (broad SMARTS) is 1. The van der Waals surface area contributed by atoms with Crippen molar-refractivity contribution in [3.8, 4) is 0 Å². The zero-order valence-corrected chi connectivity index (χ0v) is 23.2. The van der Waals surface area contributed by atoms with Crippen LogP contribution in [0.3, 0.4) is 0 Å². The Balaban J connectivity index is 1.40. The normalized spacial score (nSPS) is 18.3. The highest BCUT2D eigenvalue weighted by atomic mass is 16.4. The first-order valence-corrected chi connectivity index (χ1v) is 13.9. The van der Waals surface area contributed by atoms with Gasteiger partial charge >= 0.3 is 12.0 Å². The largest absolute Gasteiger partial charge is 0.480 e. The number of fused-ring (bicyclic) bond motifs is 4. The van der Waals surface area contributed by atoms with Gasteiger partial charge in [-0.05, 0) is 42.7 Å². The molecule has 5 amide bonds. The van der Waals surface area contributed by atoms with Crippen LogP contribution in [0.15, 0.2) is 72.8 Å². The molecule has 0 aliphatic carbocycles. The topological polar surface area (TPSA) is 166 Å². The highest BCUT2D eigenvalue weighted by molar-refractivity contribution is 6.24. The maximum absolute atomic E-state index is 14.2. The highest BCUT2D eigenvalue weighted by Crippen LogP contribution is 2.45. The standard InChI is InChI=1S/C32H29N5O6/c1-17-10-12-18(13-11-17)28-27-21(19-6-2-4-8-22(19)34-27)16-25-30(40)37(32(43)36(25)28)24-9-5-3-7-20(24)29(39)35-23(31(41)42)14-15-26(33)38/h2-13,23,25,28,34H,14-16H2,1H3,(H2,33,38)(H,35,39)(H,41,42)/t23-,25-,28-/m0/s1. The molecule has 1 fully saturated rings. The number of carbonyl (C=O) groups excluding carboxylic acids is 4. The van der Waals surface area contributed by atoms with Gasteiger partial charge in [0.1, 0.15) is 18.1 Å².